The van der Waals surface area contributed by atoms with Gasteiger partial charge in [0.2, 0.25) is 0 Å². The van der Waals surface area contributed by atoms with E-state index in [0.29, 0.717) is 5.92 Å². The van der Waals surface area contributed by atoms with Crippen LogP contribution in [0.1, 0.15) is 13.8 Å². The lowest BCUT2D eigenvalue weighted by Gasteiger charge is -2.10. The first-order valence-corrected chi connectivity index (χ1v) is 8.67. The van der Waals surface area contributed by atoms with Gasteiger partial charge in [0.15, 0.2) is 4.80 Å². The van der Waals surface area contributed by atoms with Gasteiger partial charge >= 0.3 is 0 Å². The van der Waals surface area contributed by atoms with E-state index in [4.69, 9.17) is 4.99 Å². The van der Waals surface area contributed by atoms with Crippen molar-refractivity contribution in [1.29, 1.82) is 0 Å². The number of hydrogen-bond donors (Lipinski definition) is 0. The van der Waals surface area contributed by atoms with Gasteiger partial charge < -0.3 is 4.57 Å². The molecule has 0 atom stereocenters. The zero-order chi connectivity index (χ0) is 14.7. The van der Waals surface area contributed by atoms with Crippen molar-refractivity contribution in [3.05, 3.63) is 52.2 Å². The van der Waals surface area contributed by atoms with Gasteiger partial charge in [-0.3, -0.25) is 4.98 Å². The molecule has 0 saturated heterocycles. The van der Waals surface area contributed by atoms with Gasteiger partial charge in [-0.15, -0.1) is 22.7 Å². The van der Waals surface area contributed by atoms with Gasteiger partial charge in [0, 0.05) is 18.1 Å². The predicted molar refractivity (Wildman–Crippen MR) is 89.9 cm³/mol. The Labute approximate surface area is 132 Å². The van der Waals surface area contributed by atoms with E-state index in [1.54, 1.807) is 35.1 Å². The fraction of sp³-hybridized carbons (Fsp3) is 0.250. The van der Waals surface area contributed by atoms with E-state index in [1.807, 2.05) is 12.1 Å². The molecule has 0 unspecified atom stereocenters. The van der Waals surface area contributed by atoms with Crippen molar-refractivity contribution in [2.45, 2.75) is 20.4 Å². The Kier molecular flexibility index (Phi) is 4.31. The number of nitrogens with zero attached hydrogens (tertiary/aromatic N) is 3. The summed E-state index contributed by atoms with van der Waals surface area (Å²) in [5, 5.41) is 4.31. The molecule has 0 aliphatic rings. The Balaban J connectivity index is 2.11. The Morgan fingerprint density at radius 1 is 1.24 bits per heavy atom. The first-order chi connectivity index (χ1) is 10.2. The van der Waals surface area contributed by atoms with Gasteiger partial charge in [-0.05, 0) is 29.5 Å². The van der Waals surface area contributed by atoms with Crippen LogP contribution in [0, 0.1) is 5.92 Å². The normalized spacial score (nSPS) is 12.2. The van der Waals surface area contributed by atoms with Crippen LogP contribution in [0.2, 0.25) is 0 Å². The highest BCUT2D eigenvalue weighted by Gasteiger charge is 2.10. The maximum Gasteiger partial charge on any atom is 0.190 e. The van der Waals surface area contributed by atoms with Crippen molar-refractivity contribution < 1.29 is 0 Å². The van der Waals surface area contributed by atoms with Crippen molar-refractivity contribution in [1.82, 2.24) is 9.55 Å². The molecule has 0 aromatic carbocycles. The van der Waals surface area contributed by atoms with Crippen LogP contribution in [0.15, 0.2) is 52.4 Å². The van der Waals surface area contributed by atoms with Crippen molar-refractivity contribution >= 4 is 28.4 Å². The SMILES string of the molecule is CC(C)Cn1c(-c2cccs2)csc1=Nc1cccnc1. The van der Waals surface area contributed by atoms with Gasteiger partial charge in [0.1, 0.15) is 0 Å². The number of thiazole rings is 1. The highest BCUT2D eigenvalue weighted by Crippen LogP contribution is 2.26. The Morgan fingerprint density at radius 2 is 2.14 bits per heavy atom. The molecular weight excluding hydrogens is 298 g/mol. The third kappa shape index (κ3) is 3.31. The number of aromatic nitrogens is 2. The molecule has 0 spiro atoms. The smallest absolute Gasteiger partial charge is 0.190 e. The van der Waals surface area contributed by atoms with E-state index in [0.717, 1.165) is 17.0 Å². The molecule has 21 heavy (non-hydrogen) atoms. The minimum Gasteiger partial charge on any atom is -0.315 e. The molecule has 5 heteroatoms. The molecule has 0 bridgehead atoms. The summed E-state index contributed by atoms with van der Waals surface area (Å²) in [6.45, 7) is 5.43. The summed E-state index contributed by atoms with van der Waals surface area (Å²) < 4.78 is 2.31. The van der Waals surface area contributed by atoms with Crippen molar-refractivity contribution in [3.8, 4) is 10.6 Å². The van der Waals surface area contributed by atoms with E-state index in [1.165, 1.54) is 10.6 Å². The fourth-order valence-corrected chi connectivity index (χ4v) is 3.87. The van der Waals surface area contributed by atoms with Crippen LogP contribution in [-0.4, -0.2) is 9.55 Å². The van der Waals surface area contributed by atoms with Gasteiger partial charge in [-0.1, -0.05) is 19.9 Å². The molecule has 3 heterocycles. The molecule has 0 amide bonds. The average Bonchev–Trinajstić information content (AvgIpc) is 3.10. The summed E-state index contributed by atoms with van der Waals surface area (Å²) >= 11 is 3.46. The second-order valence-corrected chi connectivity index (χ2v) is 6.99. The molecule has 0 saturated carbocycles. The number of hydrogen-bond acceptors (Lipinski definition) is 4. The second-order valence-electron chi connectivity index (χ2n) is 5.21. The van der Waals surface area contributed by atoms with Crippen molar-refractivity contribution in [2.24, 2.45) is 10.9 Å². The van der Waals surface area contributed by atoms with E-state index in [9.17, 15) is 0 Å². The maximum absolute atomic E-state index is 4.75. The minimum atomic E-state index is 0.575. The van der Waals surface area contributed by atoms with Crippen LogP contribution in [0.3, 0.4) is 0 Å². The fourth-order valence-electron chi connectivity index (χ4n) is 2.11. The quantitative estimate of drug-likeness (QED) is 0.694. The molecule has 3 nitrogen and oxygen atoms in total. The first-order valence-electron chi connectivity index (χ1n) is 6.91. The second kappa shape index (κ2) is 6.37. The maximum atomic E-state index is 4.75. The lowest BCUT2D eigenvalue weighted by atomic mass is 10.2. The van der Waals surface area contributed by atoms with Crippen LogP contribution in [0.25, 0.3) is 10.6 Å². The molecule has 3 aromatic rings. The summed E-state index contributed by atoms with van der Waals surface area (Å²) in [5.74, 6) is 0.575. The monoisotopic (exact) mass is 315 g/mol. The number of thiophene rings is 1. The number of rotatable bonds is 4. The van der Waals surface area contributed by atoms with Gasteiger partial charge in [-0.2, -0.15) is 0 Å². The van der Waals surface area contributed by atoms with Gasteiger partial charge in [0.05, 0.1) is 22.5 Å². The molecule has 0 radical (unpaired) electrons. The zero-order valence-electron chi connectivity index (χ0n) is 12.1. The largest absolute Gasteiger partial charge is 0.315 e. The topological polar surface area (TPSA) is 30.2 Å². The van der Waals surface area contributed by atoms with E-state index >= 15 is 0 Å². The van der Waals surface area contributed by atoms with Crippen LogP contribution in [0.4, 0.5) is 5.69 Å². The standard InChI is InChI=1S/C16H17N3S2/c1-12(2)10-19-14(15-6-4-8-20-15)11-21-16(19)18-13-5-3-7-17-9-13/h3-9,11-12H,10H2,1-2H3. The summed E-state index contributed by atoms with van der Waals surface area (Å²) in [7, 11) is 0. The average molecular weight is 315 g/mol. The van der Waals surface area contributed by atoms with Crippen LogP contribution >= 0.6 is 22.7 Å². The van der Waals surface area contributed by atoms with Crippen LogP contribution in [-0.2, 0) is 6.54 Å². The van der Waals surface area contributed by atoms with E-state index < -0.39 is 0 Å². The van der Waals surface area contributed by atoms with E-state index in [-0.39, 0.29) is 0 Å². The summed E-state index contributed by atoms with van der Waals surface area (Å²) in [4.78, 5) is 11.2. The molecule has 3 aromatic heterocycles. The Morgan fingerprint density at radius 3 is 2.81 bits per heavy atom. The summed E-state index contributed by atoms with van der Waals surface area (Å²) in [6.07, 6.45) is 3.57. The molecule has 0 aliphatic heterocycles. The zero-order valence-corrected chi connectivity index (χ0v) is 13.7. The van der Waals surface area contributed by atoms with Gasteiger partial charge in [-0.25, -0.2) is 4.99 Å². The van der Waals surface area contributed by atoms with Crippen molar-refractivity contribution in [3.63, 3.8) is 0 Å². The molecule has 108 valence electrons. The summed E-state index contributed by atoms with van der Waals surface area (Å²) in [5.41, 5.74) is 2.15. The van der Waals surface area contributed by atoms with Crippen LogP contribution < -0.4 is 4.80 Å². The molecule has 0 N–H and O–H groups in total. The third-order valence-electron chi connectivity index (χ3n) is 2.99. The van der Waals surface area contributed by atoms with Gasteiger partial charge in [0.25, 0.3) is 0 Å². The third-order valence-corrected chi connectivity index (χ3v) is 4.75. The minimum absolute atomic E-state index is 0.575. The first kappa shape index (κ1) is 14.2. The Hall–Kier alpha value is -1.72. The highest BCUT2D eigenvalue weighted by atomic mass is 32.1. The van der Waals surface area contributed by atoms with Crippen LogP contribution in [0.5, 0.6) is 0 Å². The molecule has 0 aliphatic carbocycles. The summed E-state index contributed by atoms with van der Waals surface area (Å²) in [6, 6.07) is 8.16. The van der Waals surface area contributed by atoms with E-state index in [2.05, 4.69) is 46.3 Å². The lowest BCUT2D eigenvalue weighted by Crippen LogP contribution is -2.18. The number of pyridine rings is 1. The highest BCUT2D eigenvalue weighted by molar-refractivity contribution is 7.14. The molecule has 3 rings (SSSR count). The Bertz CT molecular complexity index is 752. The lowest BCUT2D eigenvalue weighted by molar-refractivity contribution is 0.518. The van der Waals surface area contributed by atoms with Crippen molar-refractivity contribution in [2.75, 3.05) is 0 Å². The predicted octanol–water partition coefficient (Wildman–Crippen LogP) is 4.56. The molecule has 0 fully saturated rings. The molecular formula is C16H17N3S2.